The first-order valence-electron chi connectivity index (χ1n) is 8.71. The van der Waals surface area contributed by atoms with Crippen LogP contribution in [-0.4, -0.2) is 35.1 Å². The summed E-state index contributed by atoms with van der Waals surface area (Å²) in [6, 6.07) is 18.0. The highest BCUT2D eigenvalue weighted by molar-refractivity contribution is 14.1. The molecule has 4 nitrogen and oxygen atoms in total. The summed E-state index contributed by atoms with van der Waals surface area (Å²) in [7, 11) is 0. The van der Waals surface area contributed by atoms with Gasteiger partial charge in [0, 0.05) is 22.0 Å². The Morgan fingerprint density at radius 3 is 2.70 bits per heavy atom. The summed E-state index contributed by atoms with van der Waals surface area (Å²) in [6.07, 6.45) is 1.65. The highest BCUT2D eigenvalue weighted by Crippen LogP contribution is 2.24. The van der Waals surface area contributed by atoms with Gasteiger partial charge in [-0.05, 0) is 70.6 Å². The number of carbonyl (C=O) groups is 1. The second-order valence-electron chi connectivity index (χ2n) is 6.41. The van der Waals surface area contributed by atoms with E-state index in [1.807, 2.05) is 47.2 Å². The average molecular weight is 476 g/mol. The van der Waals surface area contributed by atoms with Gasteiger partial charge < -0.3 is 14.2 Å². The zero-order valence-corrected chi connectivity index (χ0v) is 16.7. The smallest absolute Gasteiger partial charge is 0.271 e. The molecule has 1 amide bonds. The molecule has 0 aliphatic carbocycles. The Hall–Kier alpha value is -2.19. The van der Waals surface area contributed by atoms with Gasteiger partial charge in [-0.15, -0.1) is 0 Å². The normalized spacial score (nSPS) is 17.1. The number of hydrogen-bond donors (Lipinski definition) is 0. The van der Waals surface area contributed by atoms with Crippen LogP contribution >= 0.6 is 22.6 Å². The molecular formula is C21H18FIN2O2. The lowest BCUT2D eigenvalue weighted by Crippen LogP contribution is -2.42. The monoisotopic (exact) mass is 476 g/mol. The molecule has 0 N–H and O–H groups in total. The highest BCUT2D eigenvalue weighted by atomic mass is 127. The maximum Gasteiger partial charge on any atom is 0.271 e. The third kappa shape index (κ3) is 3.91. The summed E-state index contributed by atoms with van der Waals surface area (Å²) in [5.41, 5.74) is 2.46. The van der Waals surface area contributed by atoms with Crippen molar-refractivity contribution in [2.75, 3.05) is 19.7 Å². The minimum absolute atomic E-state index is 0.0331. The number of morpholine rings is 1. The molecule has 0 radical (unpaired) electrons. The number of hydrogen-bond acceptors (Lipinski definition) is 2. The number of amides is 1. The van der Waals surface area contributed by atoms with Gasteiger partial charge in [-0.2, -0.15) is 0 Å². The molecule has 3 aromatic rings. The van der Waals surface area contributed by atoms with E-state index < -0.39 is 0 Å². The van der Waals surface area contributed by atoms with E-state index in [-0.39, 0.29) is 17.8 Å². The Morgan fingerprint density at radius 1 is 1.11 bits per heavy atom. The Labute approximate surface area is 170 Å². The molecular weight excluding hydrogens is 458 g/mol. The van der Waals surface area contributed by atoms with Gasteiger partial charge in [0.05, 0.1) is 13.2 Å². The van der Waals surface area contributed by atoms with E-state index >= 15 is 0 Å². The van der Waals surface area contributed by atoms with Crippen molar-refractivity contribution in [2.24, 2.45) is 0 Å². The van der Waals surface area contributed by atoms with E-state index in [4.69, 9.17) is 4.74 Å². The van der Waals surface area contributed by atoms with Crippen LogP contribution in [0.5, 0.6) is 0 Å². The SMILES string of the molecule is O=C(c1cccn1-c1cccc(I)c1)N1CCOC(c2ccc(F)cc2)C1. The number of benzene rings is 2. The Bertz CT molecular complexity index is 955. The first-order chi connectivity index (χ1) is 13.1. The molecule has 1 atom stereocenters. The fourth-order valence-corrected chi connectivity index (χ4v) is 3.81. The van der Waals surface area contributed by atoms with Crippen molar-refractivity contribution in [3.63, 3.8) is 0 Å². The van der Waals surface area contributed by atoms with E-state index in [0.29, 0.717) is 25.4 Å². The second-order valence-corrected chi connectivity index (χ2v) is 7.65. The molecule has 1 unspecified atom stereocenters. The second kappa shape index (κ2) is 7.82. The quantitative estimate of drug-likeness (QED) is 0.525. The lowest BCUT2D eigenvalue weighted by atomic mass is 10.1. The van der Waals surface area contributed by atoms with Crippen LogP contribution in [0.1, 0.15) is 22.2 Å². The number of nitrogens with zero attached hydrogens (tertiary/aromatic N) is 2. The van der Waals surface area contributed by atoms with Crippen molar-refractivity contribution in [3.8, 4) is 5.69 Å². The molecule has 0 spiro atoms. The zero-order valence-electron chi connectivity index (χ0n) is 14.5. The molecule has 1 aromatic heterocycles. The van der Waals surface area contributed by atoms with Crippen molar-refractivity contribution in [3.05, 3.63) is 87.5 Å². The van der Waals surface area contributed by atoms with Crippen molar-refractivity contribution in [1.29, 1.82) is 0 Å². The summed E-state index contributed by atoms with van der Waals surface area (Å²) in [4.78, 5) is 15.0. The number of aromatic nitrogens is 1. The lowest BCUT2D eigenvalue weighted by molar-refractivity contribution is -0.0231. The number of rotatable bonds is 3. The molecule has 4 rings (SSSR count). The molecule has 2 aromatic carbocycles. The molecule has 2 heterocycles. The van der Waals surface area contributed by atoms with E-state index in [2.05, 4.69) is 22.6 Å². The standard InChI is InChI=1S/C21H18FIN2O2/c22-16-8-6-15(7-9-16)20-14-24(11-12-27-20)21(26)19-5-2-10-25(19)18-4-1-3-17(23)13-18/h1-10,13,20H,11-12,14H2. The van der Waals surface area contributed by atoms with E-state index in [9.17, 15) is 9.18 Å². The Morgan fingerprint density at radius 2 is 1.93 bits per heavy atom. The van der Waals surface area contributed by atoms with Gasteiger partial charge in [-0.3, -0.25) is 4.79 Å². The fraction of sp³-hybridized carbons (Fsp3) is 0.190. The Balaban J connectivity index is 1.56. The first-order valence-corrected chi connectivity index (χ1v) is 9.79. The van der Waals surface area contributed by atoms with E-state index in [1.54, 1.807) is 17.0 Å². The molecule has 138 valence electrons. The van der Waals surface area contributed by atoms with Crippen LogP contribution in [0.25, 0.3) is 5.69 Å². The molecule has 1 aliphatic heterocycles. The van der Waals surface area contributed by atoms with Crippen LogP contribution < -0.4 is 0 Å². The van der Waals surface area contributed by atoms with Gasteiger partial charge in [-0.25, -0.2) is 4.39 Å². The predicted molar refractivity (Wildman–Crippen MR) is 109 cm³/mol. The van der Waals surface area contributed by atoms with Crippen LogP contribution in [0, 0.1) is 9.39 Å². The third-order valence-corrected chi connectivity index (χ3v) is 5.32. The van der Waals surface area contributed by atoms with Gasteiger partial charge >= 0.3 is 0 Å². The lowest BCUT2D eigenvalue weighted by Gasteiger charge is -2.33. The summed E-state index contributed by atoms with van der Waals surface area (Å²) < 4.78 is 22.0. The van der Waals surface area contributed by atoms with Gasteiger partial charge in [0.2, 0.25) is 0 Å². The molecule has 6 heteroatoms. The summed E-state index contributed by atoms with van der Waals surface area (Å²) in [5, 5.41) is 0. The maximum atomic E-state index is 13.2. The minimum atomic E-state index is -0.280. The molecule has 1 fully saturated rings. The van der Waals surface area contributed by atoms with Crippen molar-refractivity contribution in [1.82, 2.24) is 9.47 Å². The van der Waals surface area contributed by atoms with Crippen LogP contribution in [0.2, 0.25) is 0 Å². The molecule has 0 bridgehead atoms. The first kappa shape index (κ1) is 18.2. The van der Waals surface area contributed by atoms with Gasteiger partial charge in [0.25, 0.3) is 5.91 Å². The fourth-order valence-electron chi connectivity index (χ4n) is 3.28. The van der Waals surface area contributed by atoms with E-state index in [0.717, 1.165) is 14.8 Å². The topological polar surface area (TPSA) is 34.5 Å². The summed E-state index contributed by atoms with van der Waals surface area (Å²) in [5.74, 6) is -0.313. The summed E-state index contributed by atoms with van der Waals surface area (Å²) >= 11 is 2.26. The number of halogens is 2. The van der Waals surface area contributed by atoms with Crippen LogP contribution in [0.4, 0.5) is 4.39 Å². The summed E-state index contributed by atoms with van der Waals surface area (Å²) in [6.45, 7) is 1.44. The highest BCUT2D eigenvalue weighted by Gasteiger charge is 2.27. The molecule has 27 heavy (non-hydrogen) atoms. The van der Waals surface area contributed by atoms with Gasteiger partial charge in [-0.1, -0.05) is 18.2 Å². The van der Waals surface area contributed by atoms with Crippen LogP contribution in [-0.2, 0) is 4.74 Å². The molecule has 0 saturated carbocycles. The van der Waals surface area contributed by atoms with Crippen molar-refractivity contribution >= 4 is 28.5 Å². The maximum absolute atomic E-state index is 13.2. The number of carbonyl (C=O) groups excluding carboxylic acids is 1. The zero-order chi connectivity index (χ0) is 18.8. The van der Waals surface area contributed by atoms with Crippen LogP contribution in [0.3, 0.4) is 0 Å². The van der Waals surface area contributed by atoms with Crippen molar-refractivity contribution < 1.29 is 13.9 Å². The molecule has 1 aliphatic rings. The van der Waals surface area contributed by atoms with Crippen molar-refractivity contribution in [2.45, 2.75) is 6.10 Å². The number of ether oxygens (including phenoxy) is 1. The van der Waals surface area contributed by atoms with Gasteiger partial charge in [0.15, 0.2) is 0 Å². The minimum Gasteiger partial charge on any atom is -0.370 e. The third-order valence-electron chi connectivity index (χ3n) is 4.65. The van der Waals surface area contributed by atoms with Crippen LogP contribution in [0.15, 0.2) is 66.9 Å². The average Bonchev–Trinajstić information content (AvgIpc) is 3.18. The van der Waals surface area contributed by atoms with E-state index in [1.165, 1.54) is 12.1 Å². The molecule has 1 saturated heterocycles. The van der Waals surface area contributed by atoms with Gasteiger partial charge in [0.1, 0.15) is 17.6 Å². The Kier molecular flexibility index (Phi) is 5.27. The predicted octanol–water partition coefficient (Wildman–Crippen LogP) is 4.43. The largest absolute Gasteiger partial charge is 0.370 e.